The maximum Gasteiger partial charge on any atom is 0.257 e. The highest BCUT2D eigenvalue weighted by atomic mass is 16.5. The van der Waals surface area contributed by atoms with Crippen LogP contribution in [0.4, 0.5) is 5.69 Å². The number of anilines is 1. The van der Waals surface area contributed by atoms with E-state index in [4.69, 9.17) is 15.2 Å². The average Bonchev–Trinajstić information content (AvgIpc) is 2.47. The van der Waals surface area contributed by atoms with Crippen molar-refractivity contribution in [2.24, 2.45) is 0 Å². The minimum atomic E-state index is -0.650. The Balaban J connectivity index is 2.23. The molecule has 1 heterocycles. The molecule has 0 atom stereocenters. The van der Waals surface area contributed by atoms with E-state index in [1.165, 1.54) is 7.11 Å². The first-order valence-electron chi connectivity index (χ1n) is 6.55. The molecule has 1 aromatic carbocycles. The van der Waals surface area contributed by atoms with Gasteiger partial charge in [0, 0.05) is 18.9 Å². The van der Waals surface area contributed by atoms with Gasteiger partial charge in [-0.2, -0.15) is 0 Å². The van der Waals surface area contributed by atoms with E-state index in [-0.39, 0.29) is 12.5 Å². The molecule has 0 spiro atoms. The number of ether oxygens (including phenoxy) is 2. The fourth-order valence-corrected chi connectivity index (χ4v) is 2.35. The van der Waals surface area contributed by atoms with Gasteiger partial charge in [0.25, 0.3) is 5.91 Å². The van der Waals surface area contributed by atoms with Crippen molar-refractivity contribution in [1.29, 1.82) is 0 Å². The number of carbonyl (C=O) groups excluding carboxylic acids is 1. The Labute approximate surface area is 117 Å². The number of carbonyl (C=O) groups is 1. The normalized spacial score (nSPS) is 17.5. The van der Waals surface area contributed by atoms with E-state index in [0.29, 0.717) is 43.1 Å². The zero-order valence-electron chi connectivity index (χ0n) is 11.5. The molecule has 0 aliphatic carbocycles. The number of methoxy groups -OCH3 is 1. The van der Waals surface area contributed by atoms with Gasteiger partial charge in [-0.15, -0.1) is 0 Å². The van der Waals surface area contributed by atoms with E-state index in [1.54, 1.807) is 18.2 Å². The molecule has 1 aromatic rings. The van der Waals surface area contributed by atoms with E-state index in [2.05, 4.69) is 5.32 Å². The van der Waals surface area contributed by atoms with Crippen LogP contribution in [0.1, 0.15) is 23.2 Å². The van der Waals surface area contributed by atoms with Crippen molar-refractivity contribution in [1.82, 2.24) is 5.32 Å². The first-order valence-corrected chi connectivity index (χ1v) is 6.55. The van der Waals surface area contributed by atoms with Gasteiger partial charge >= 0.3 is 0 Å². The topological polar surface area (TPSA) is 93.8 Å². The number of nitrogens with one attached hydrogen (secondary N) is 1. The van der Waals surface area contributed by atoms with Crippen LogP contribution in [0, 0.1) is 0 Å². The molecular formula is C14H20N2O4. The van der Waals surface area contributed by atoms with E-state index in [0.717, 1.165) is 0 Å². The summed E-state index contributed by atoms with van der Waals surface area (Å²) in [6, 6.07) is 5.05. The second-order valence-corrected chi connectivity index (χ2v) is 4.93. The summed E-state index contributed by atoms with van der Waals surface area (Å²) in [6.07, 6.45) is 1.15. The van der Waals surface area contributed by atoms with Gasteiger partial charge in [-0.1, -0.05) is 6.07 Å². The van der Waals surface area contributed by atoms with Crippen molar-refractivity contribution < 1.29 is 19.4 Å². The van der Waals surface area contributed by atoms with Gasteiger partial charge in [0.05, 0.1) is 19.3 Å². The SMILES string of the molecule is COc1cccc(N)c1C(=O)NC1(CO)CCOCC1. The fourth-order valence-electron chi connectivity index (χ4n) is 2.35. The number of hydrogen-bond donors (Lipinski definition) is 3. The molecule has 1 aliphatic heterocycles. The Morgan fingerprint density at radius 1 is 1.50 bits per heavy atom. The Bertz CT molecular complexity index is 484. The number of benzene rings is 1. The third kappa shape index (κ3) is 2.86. The lowest BCUT2D eigenvalue weighted by Crippen LogP contribution is -2.54. The van der Waals surface area contributed by atoms with Gasteiger partial charge in [0.15, 0.2) is 0 Å². The fraction of sp³-hybridized carbons (Fsp3) is 0.500. The quantitative estimate of drug-likeness (QED) is 0.700. The Kier molecular flexibility index (Phi) is 4.46. The van der Waals surface area contributed by atoms with Crippen LogP contribution in [0.2, 0.25) is 0 Å². The molecule has 6 heteroatoms. The highest BCUT2D eigenvalue weighted by Crippen LogP contribution is 2.26. The summed E-state index contributed by atoms with van der Waals surface area (Å²) in [5, 5.41) is 12.5. The molecule has 2 rings (SSSR count). The molecule has 1 aliphatic rings. The van der Waals surface area contributed by atoms with E-state index >= 15 is 0 Å². The number of hydrogen-bond acceptors (Lipinski definition) is 5. The second-order valence-electron chi connectivity index (χ2n) is 4.93. The van der Waals surface area contributed by atoms with E-state index in [1.807, 2.05) is 0 Å². The number of aliphatic hydroxyl groups is 1. The van der Waals surface area contributed by atoms with E-state index < -0.39 is 5.54 Å². The lowest BCUT2D eigenvalue weighted by Gasteiger charge is -2.36. The third-order valence-corrected chi connectivity index (χ3v) is 3.64. The molecule has 20 heavy (non-hydrogen) atoms. The Morgan fingerprint density at radius 3 is 2.80 bits per heavy atom. The van der Waals surface area contributed by atoms with Gasteiger partial charge in [-0.3, -0.25) is 4.79 Å². The molecule has 4 N–H and O–H groups in total. The summed E-state index contributed by atoms with van der Waals surface area (Å²) in [5.74, 6) is 0.0820. The first-order chi connectivity index (χ1) is 9.62. The summed E-state index contributed by atoms with van der Waals surface area (Å²) >= 11 is 0. The standard InChI is InChI=1S/C14H20N2O4/c1-19-11-4-2-3-10(15)12(11)13(18)16-14(9-17)5-7-20-8-6-14/h2-4,17H,5-9,15H2,1H3,(H,16,18). The number of rotatable bonds is 4. The van der Waals surface area contributed by atoms with Crippen molar-refractivity contribution in [3.05, 3.63) is 23.8 Å². The summed E-state index contributed by atoms with van der Waals surface area (Å²) in [5.41, 5.74) is 5.86. The predicted molar refractivity (Wildman–Crippen MR) is 74.7 cm³/mol. The second kappa shape index (κ2) is 6.11. The molecule has 110 valence electrons. The zero-order chi connectivity index (χ0) is 14.6. The summed E-state index contributed by atoms with van der Waals surface area (Å²) in [7, 11) is 1.49. The Morgan fingerprint density at radius 2 is 2.20 bits per heavy atom. The first kappa shape index (κ1) is 14.6. The molecule has 1 saturated heterocycles. The van der Waals surface area contributed by atoms with Gasteiger partial charge in [0.1, 0.15) is 11.3 Å². The third-order valence-electron chi connectivity index (χ3n) is 3.64. The highest BCUT2D eigenvalue weighted by Gasteiger charge is 2.34. The largest absolute Gasteiger partial charge is 0.496 e. The summed E-state index contributed by atoms with van der Waals surface area (Å²) < 4.78 is 10.4. The van der Waals surface area contributed by atoms with Crippen LogP contribution in [-0.4, -0.2) is 43.5 Å². The molecular weight excluding hydrogens is 260 g/mol. The van der Waals surface area contributed by atoms with Crippen LogP contribution in [0.3, 0.4) is 0 Å². The number of nitrogen functional groups attached to an aromatic ring is 1. The average molecular weight is 280 g/mol. The van der Waals surface area contributed by atoms with Crippen LogP contribution in [-0.2, 0) is 4.74 Å². The molecule has 1 amide bonds. The van der Waals surface area contributed by atoms with Crippen LogP contribution < -0.4 is 15.8 Å². The maximum absolute atomic E-state index is 12.5. The molecule has 0 radical (unpaired) electrons. The van der Waals surface area contributed by atoms with Crippen LogP contribution in [0.25, 0.3) is 0 Å². The van der Waals surface area contributed by atoms with E-state index in [9.17, 15) is 9.90 Å². The molecule has 0 bridgehead atoms. The summed E-state index contributed by atoms with van der Waals surface area (Å²) in [4.78, 5) is 12.5. The van der Waals surface area contributed by atoms with Crippen LogP contribution >= 0.6 is 0 Å². The minimum Gasteiger partial charge on any atom is -0.496 e. The van der Waals surface area contributed by atoms with Gasteiger partial charge in [-0.25, -0.2) is 0 Å². The molecule has 1 fully saturated rings. The smallest absolute Gasteiger partial charge is 0.257 e. The van der Waals surface area contributed by atoms with Gasteiger partial charge in [0.2, 0.25) is 0 Å². The molecule has 0 aromatic heterocycles. The monoisotopic (exact) mass is 280 g/mol. The van der Waals surface area contributed by atoms with Crippen molar-refractivity contribution in [2.75, 3.05) is 32.7 Å². The van der Waals surface area contributed by atoms with Crippen molar-refractivity contribution in [2.45, 2.75) is 18.4 Å². The van der Waals surface area contributed by atoms with Crippen molar-refractivity contribution in [3.63, 3.8) is 0 Å². The predicted octanol–water partition coefficient (Wildman–Crippen LogP) is 0.549. The van der Waals surface area contributed by atoms with Crippen LogP contribution in [0.5, 0.6) is 5.75 Å². The molecule has 0 unspecified atom stereocenters. The Hall–Kier alpha value is -1.79. The van der Waals surface area contributed by atoms with Crippen LogP contribution in [0.15, 0.2) is 18.2 Å². The lowest BCUT2D eigenvalue weighted by molar-refractivity contribution is 0.0125. The number of amides is 1. The van der Waals surface area contributed by atoms with Crippen molar-refractivity contribution >= 4 is 11.6 Å². The van der Waals surface area contributed by atoms with Gasteiger partial charge < -0.3 is 25.6 Å². The van der Waals surface area contributed by atoms with Gasteiger partial charge in [-0.05, 0) is 25.0 Å². The maximum atomic E-state index is 12.5. The summed E-state index contributed by atoms with van der Waals surface area (Å²) in [6.45, 7) is 0.904. The minimum absolute atomic E-state index is 0.128. The highest BCUT2D eigenvalue weighted by molar-refractivity contribution is 6.02. The van der Waals surface area contributed by atoms with Crippen molar-refractivity contribution in [3.8, 4) is 5.75 Å². The molecule has 6 nitrogen and oxygen atoms in total. The lowest BCUT2D eigenvalue weighted by atomic mass is 9.90. The molecule has 0 saturated carbocycles. The zero-order valence-corrected chi connectivity index (χ0v) is 11.5. The number of aliphatic hydroxyl groups excluding tert-OH is 1. The number of nitrogens with two attached hydrogens (primary N) is 1.